The quantitative estimate of drug-likeness (QED) is 0.649. The molecule has 0 aromatic heterocycles. The van der Waals surface area contributed by atoms with Crippen LogP contribution >= 0.6 is 0 Å². The molecule has 0 bridgehead atoms. The molecular formula is C14H19F3. The smallest absolute Gasteiger partial charge is 0.170 e. The van der Waals surface area contributed by atoms with E-state index in [-0.39, 0.29) is 5.92 Å². The van der Waals surface area contributed by atoms with Gasteiger partial charge in [-0.25, -0.2) is 0 Å². The summed E-state index contributed by atoms with van der Waals surface area (Å²) in [5, 5.41) is 0. The fraction of sp³-hybridized carbons (Fsp3) is 0.714. The Labute approximate surface area is 101 Å². The molecule has 17 heavy (non-hydrogen) atoms. The van der Waals surface area contributed by atoms with E-state index in [4.69, 9.17) is 0 Å². The Balaban J connectivity index is 2.26. The van der Waals surface area contributed by atoms with E-state index in [1.165, 1.54) is 32.3 Å². The van der Waals surface area contributed by atoms with E-state index in [1.54, 1.807) is 6.08 Å². The minimum absolute atomic E-state index is 0.00669. The Morgan fingerprint density at radius 2 is 1.71 bits per heavy atom. The molecule has 0 amide bonds. The number of halogens is 3. The molecule has 0 aromatic rings. The standard InChI is InChI=1S/C14H19F3/c1-9-8-11(10-4-5-10)6-7-12(9)13(2,3)14(15,16)17/h6-7,9-10H,4-5,8H2,1-3H3/t9-/m1/s1. The summed E-state index contributed by atoms with van der Waals surface area (Å²) in [5.74, 6) is 0.663. The van der Waals surface area contributed by atoms with E-state index in [0.717, 1.165) is 6.42 Å². The highest BCUT2D eigenvalue weighted by atomic mass is 19.4. The highest BCUT2D eigenvalue weighted by Gasteiger charge is 2.51. The van der Waals surface area contributed by atoms with Gasteiger partial charge in [-0.3, -0.25) is 0 Å². The lowest BCUT2D eigenvalue weighted by Crippen LogP contribution is -2.36. The molecule has 3 heteroatoms. The second-order valence-electron chi connectivity index (χ2n) is 5.87. The van der Waals surface area contributed by atoms with Crippen LogP contribution in [0, 0.1) is 17.3 Å². The van der Waals surface area contributed by atoms with Crippen LogP contribution in [0.3, 0.4) is 0 Å². The molecular weight excluding hydrogens is 225 g/mol. The van der Waals surface area contributed by atoms with Gasteiger partial charge in [0.05, 0.1) is 5.41 Å². The first-order valence-corrected chi connectivity index (χ1v) is 6.21. The van der Waals surface area contributed by atoms with Crippen molar-refractivity contribution in [3.05, 3.63) is 23.3 Å². The normalized spacial score (nSPS) is 26.6. The van der Waals surface area contributed by atoms with Crippen LogP contribution in [0.5, 0.6) is 0 Å². The predicted octanol–water partition coefficient (Wildman–Crippen LogP) is 4.88. The molecule has 2 aliphatic rings. The first kappa shape index (κ1) is 12.7. The fourth-order valence-electron chi connectivity index (χ4n) is 2.64. The summed E-state index contributed by atoms with van der Waals surface area (Å²) in [6.45, 7) is 4.48. The van der Waals surface area contributed by atoms with E-state index < -0.39 is 11.6 Å². The summed E-state index contributed by atoms with van der Waals surface area (Å²) < 4.78 is 39.0. The van der Waals surface area contributed by atoms with Gasteiger partial charge in [-0.2, -0.15) is 13.2 Å². The van der Waals surface area contributed by atoms with E-state index in [2.05, 4.69) is 0 Å². The largest absolute Gasteiger partial charge is 0.397 e. The van der Waals surface area contributed by atoms with Gasteiger partial charge in [-0.05, 0) is 44.9 Å². The van der Waals surface area contributed by atoms with Gasteiger partial charge in [-0.15, -0.1) is 0 Å². The summed E-state index contributed by atoms with van der Waals surface area (Å²) in [6, 6.07) is 0. The molecule has 0 heterocycles. The molecule has 2 aliphatic carbocycles. The Bertz CT molecular complexity index is 367. The van der Waals surface area contributed by atoms with Crippen molar-refractivity contribution in [1.82, 2.24) is 0 Å². The number of rotatable bonds is 2. The Morgan fingerprint density at radius 3 is 2.12 bits per heavy atom. The Kier molecular flexibility index (Phi) is 2.91. The lowest BCUT2D eigenvalue weighted by atomic mass is 9.72. The third-order valence-electron chi connectivity index (χ3n) is 4.08. The summed E-state index contributed by atoms with van der Waals surface area (Å²) in [4.78, 5) is 0. The van der Waals surface area contributed by atoms with Crippen LogP contribution in [-0.2, 0) is 0 Å². The van der Waals surface area contributed by atoms with Crippen LogP contribution < -0.4 is 0 Å². The van der Waals surface area contributed by atoms with Crippen molar-refractivity contribution in [1.29, 1.82) is 0 Å². The Morgan fingerprint density at radius 1 is 1.12 bits per heavy atom. The van der Waals surface area contributed by atoms with Crippen molar-refractivity contribution in [3.8, 4) is 0 Å². The lowest BCUT2D eigenvalue weighted by Gasteiger charge is -2.36. The zero-order chi connectivity index (χ0) is 12.8. The molecule has 96 valence electrons. The molecule has 0 nitrogen and oxygen atoms in total. The molecule has 1 atom stereocenters. The molecule has 0 N–H and O–H groups in total. The van der Waals surface area contributed by atoms with Gasteiger partial charge >= 0.3 is 6.18 Å². The molecule has 1 fully saturated rings. The second-order valence-corrected chi connectivity index (χ2v) is 5.87. The minimum atomic E-state index is -4.17. The average Bonchev–Trinajstić information content (AvgIpc) is 2.98. The zero-order valence-corrected chi connectivity index (χ0v) is 10.6. The first-order chi connectivity index (χ1) is 7.73. The van der Waals surface area contributed by atoms with E-state index in [0.29, 0.717) is 11.5 Å². The van der Waals surface area contributed by atoms with E-state index in [9.17, 15) is 13.2 Å². The van der Waals surface area contributed by atoms with Crippen molar-refractivity contribution >= 4 is 0 Å². The maximum atomic E-state index is 13.0. The molecule has 0 unspecified atom stereocenters. The SMILES string of the molecule is C[C@@H]1CC(C2CC2)=CC=C1C(C)(C)C(F)(F)F. The van der Waals surface area contributed by atoms with E-state index in [1.807, 2.05) is 13.0 Å². The molecule has 0 radical (unpaired) electrons. The fourth-order valence-corrected chi connectivity index (χ4v) is 2.64. The molecule has 0 aliphatic heterocycles. The summed E-state index contributed by atoms with van der Waals surface area (Å²) >= 11 is 0. The van der Waals surface area contributed by atoms with Crippen molar-refractivity contribution in [2.24, 2.45) is 17.3 Å². The monoisotopic (exact) mass is 244 g/mol. The molecule has 0 saturated heterocycles. The summed E-state index contributed by atoms with van der Waals surface area (Å²) in [6.07, 6.45) is 2.71. The van der Waals surface area contributed by atoms with Gasteiger partial charge in [0.1, 0.15) is 0 Å². The van der Waals surface area contributed by atoms with Crippen LogP contribution in [0.2, 0.25) is 0 Å². The predicted molar refractivity (Wildman–Crippen MR) is 62.5 cm³/mol. The van der Waals surface area contributed by atoms with Gasteiger partial charge < -0.3 is 0 Å². The van der Waals surface area contributed by atoms with Crippen molar-refractivity contribution in [2.45, 2.75) is 46.2 Å². The zero-order valence-electron chi connectivity index (χ0n) is 10.6. The molecule has 0 aromatic carbocycles. The Hall–Kier alpha value is -0.730. The summed E-state index contributed by atoms with van der Waals surface area (Å²) in [7, 11) is 0. The highest BCUT2D eigenvalue weighted by molar-refractivity contribution is 5.33. The number of hydrogen-bond acceptors (Lipinski definition) is 0. The number of allylic oxidation sites excluding steroid dienone is 4. The summed E-state index contributed by atoms with van der Waals surface area (Å²) in [5.41, 5.74) is 0.159. The highest BCUT2D eigenvalue weighted by Crippen LogP contribution is 2.50. The molecule has 1 saturated carbocycles. The van der Waals surface area contributed by atoms with Crippen LogP contribution in [0.25, 0.3) is 0 Å². The minimum Gasteiger partial charge on any atom is -0.170 e. The lowest BCUT2D eigenvalue weighted by molar-refractivity contribution is -0.199. The van der Waals surface area contributed by atoms with Crippen LogP contribution in [0.4, 0.5) is 13.2 Å². The average molecular weight is 244 g/mol. The maximum absolute atomic E-state index is 13.0. The third kappa shape index (κ3) is 2.29. The molecule has 0 spiro atoms. The van der Waals surface area contributed by atoms with Gasteiger partial charge in [0.2, 0.25) is 0 Å². The number of alkyl halides is 3. The van der Waals surface area contributed by atoms with Gasteiger partial charge in [0, 0.05) is 0 Å². The van der Waals surface area contributed by atoms with Crippen molar-refractivity contribution in [3.63, 3.8) is 0 Å². The topological polar surface area (TPSA) is 0 Å². The van der Waals surface area contributed by atoms with Crippen molar-refractivity contribution < 1.29 is 13.2 Å². The van der Waals surface area contributed by atoms with Crippen LogP contribution in [0.15, 0.2) is 23.3 Å². The van der Waals surface area contributed by atoms with E-state index >= 15 is 0 Å². The third-order valence-corrected chi connectivity index (χ3v) is 4.08. The number of hydrogen-bond donors (Lipinski definition) is 0. The maximum Gasteiger partial charge on any atom is 0.397 e. The van der Waals surface area contributed by atoms with Crippen molar-refractivity contribution in [2.75, 3.05) is 0 Å². The second kappa shape index (κ2) is 3.89. The van der Waals surface area contributed by atoms with Gasteiger partial charge in [0.15, 0.2) is 0 Å². The first-order valence-electron chi connectivity index (χ1n) is 6.21. The van der Waals surface area contributed by atoms with Gasteiger partial charge in [0.25, 0.3) is 0 Å². The van der Waals surface area contributed by atoms with Gasteiger partial charge in [-0.1, -0.05) is 30.2 Å². The van der Waals surface area contributed by atoms with Crippen LogP contribution in [0.1, 0.15) is 40.0 Å². The van der Waals surface area contributed by atoms with Crippen LogP contribution in [-0.4, -0.2) is 6.18 Å². The molecule has 2 rings (SSSR count).